The van der Waals surface area contributed by atoms with E-state index in [1.807, 2.05) is 0 Å². The molecule has 5 aromatic rings. The molecule has 2 heterocycles. The third-order valence-electron chi connectivity index (χ3n) is 5.31. The van der Waals surface area contributed by atoms with Crippen LogP contribution in [0.15, 0.2) is 76.6 Å². The van der Waals surface area contributed by atoms with Gasteiger partial charge in [-0.2, -0.15) is 0 Å². The summed E-state index contributed by atoms with van der Waals surface area (Å²) in [4.78, 5) is 8.39. The molecule has 36 heavy (non-hydrogen) atoms. The number of benzene rings is 3. The second kappa shape index (κ2) is 9.17. The van der Waals surface area contributed by atoms with Gasteiger partial charge in [-0.3, -0.25) is 4.72 Å². The second-order valence-corrected chi connectivity index (χ2v) is 9.70. The van der Waals surface area contributed by atoms with Crippen LogP contribution in [0.25, 0.3) is 33.3 Å². The van der Waals surface area contributed by atoms with Gasteiger partial charge in [0.2, 0.25) is 0 Å². The first kappa shape index (κ1) is 23.6. The zero-order chi connectivity index (χ0) is 25.4. The Morgan fingerprint density at radius 2 is 1.83 bits per heavy atom. The maximum absolute atomic E-state index is 15.2. The van der Waals surface area contributed by atoms with Crippen molar-refractivity contribution in [3.8, 4) is 28.1 Å². The molecule has 0 atom stereocenters. The highest BCUT2D eigenvalue weighted by Crippen LogP contribution is 2.38. The largest absolute Gasteiger partial charge is 0.496 e. The molecule has 8 nitrogen and oxygen atoms in total. The van der Waals surface area contributed by atoms with Crippen LogP contribution >= 0.6 is 11.6 Å². The smallest absolute Gasteiger partial charge is 0.263 e. The summed E-state index contributed by atoms with van der Waals surface area (Å²) >= 11 is 5.94. The number of rotatable bonds is 6. The van der Waals surface area contributed by atoms with Crippen LogP contribution < -0.4 is 9.46 Å². The van der Waals surface area contributed by atoms with Crippen LogP contribution in [0.2, 0.25) is 5.02 Å². The highest BCUT2D eigenvalue weighted by Gasteiger charge is 2.20. The van der Waals surface area contributed by atoms with Crippen molar-refractivity contribution >= 4 is 38.3 Å². The number of aromatic nitrogens is 3. The number of hydrogen-bond donors (Lipinski definition) is 1. The molecule has 2 aromatic heterocycles. The fourth-order valence-corrected chi connectivity index (χ4v) is 4.95. The van der Waals surface area contributed by atoms with Crippen molar-refractivity contribution in [2.75, 3.05) is 11.8 Å². The number of anilines is 1. The number of sulfonamides is 1. The number of fused-ring (bicyclic) bond motifs is 1. The molecule has 182 valence electrons. The molecule has 0 aliphatic carbocycles. The first-order chi connectivity index (χ1) is 17.2. The van der Waals surface area contributed by atoms with E-state index in [-0.39, 0.29) is 32.6 Å². The van der Waals surface area contributed by atoms with E-state index < -0.39 is 21.7 Å². The van der Waals surface area contributed by atoms with E-state index in [4.69, 9.17) is 16.3 Å². The Hall–Kier alpha value is -4.09. The Morgan fingerprint density at radius 1 is 1.00 bits per heavy atom. The average Bonchev–Trinajstić information content (AvgIpc) is 3.35. The number of ether oxygens (including phenoxy) is 1. The van der Waals surface area contributed by atoms with Crippen LogP contribution in [0.5, 0.6) is 5.75 Å². The maximum Gasteiger partial charge on any atom is 0.263 e. The molecule has 3 aromatic carbocycles. The third kappa shape index (κ3) is 4.45. The van der Waals surface area contributed by atoms with Crippen LogP contribution in [0.1, 0.15) is 0 Å². The van der Waals surface area contributed by atoms with Gasteiger partial charge in [0.25, 0.3) is 10.0 Å². The molecule has 0 saturated heterocycles. The molecule has 0 bridgehead atoms. The van der Waals surface area contributed by atoms with Crippen molar-refractivity contribution in [3.05, 3.63) is 83.8 Å². The van der Waals surface area contributed by atoms with E-state index in [1.54, 1.807) is 0 Å². The van der Waals surface area contributed by atoms with Crippen LogP contribution in [0.4, 0.5) is 14.6 Å². The van der Waals surface area contributed by atoms with E-state index in [0.717, 1.165) is 6.07 Å². The number of halogens is 3. The Morgan fingerprint density at radius 3 is 2.56 bits per heavy atom. The van der Waals surface area contributed by atoms with Crippen LogP contribution in [-0.2, 0) is 10.0 Å². The zero-order valence-corrected chi connectivity index (χ0v) is 19.9. The van der Waals surface area contributed by atoms with Crippen molar-refractivity contribution in [1.82, 2.24) is 15.1 Å². The summed E-state index contributed by atoms with van der Waals surface area (Å²) < 4.78 is 67.0. The van der Waals surface area contributed by atoms with Gasteiger partial charge in [-0.25, -0.2) is 27.2 Å². The molecular weight excluding hydrogens is 514 g/mol. The SMILES string of the molecule is COc1cc(-c2cc(F)cc(Cl)c2)c(F)cc1-c1ncnc2cc(S(=O)(=O)Nc3ccon3)ccc12. The molecule has 0 aliphatic heterocycles. The minimum Gasteiger partial charge on any atom is -0.496 e. The quantitative estimate of drug-likeness (QED) is 0.301. The van der Waals surface area contributed by atoms with Gasteiger partial charge >= 0.3 is 0 Å². The standard InChI is InChI=1S/C24H15ClF2N4O4S/c1-34-22-11-18(13-6-14(25)8-15(26)7-13)20(27)10-19(22)24-17-3-2-16(9-21(17)28-12-29-24)36(32,33)31-23-4-5-35-30-23/h2-12H,1H3,(H,30,31). The number of nitrogens with zero attached hydrogens (tertiary/aromatic N) is 3. The van der Waals surface area contributed by atoms with Gasteiger partial charge in [0.1, 0.15) is 30.0 Å². The molecule has 0 radical (unpaired) electrons. The number of nitrogens with one attached hydrogen (secondary N) is 1. The van der Waals surface area contributed by atoms with Gasteiger partial charge in [0.15, 0.2) is 5.82 Å². The summed E-state index contributed by atoms with van der Waals surface area (Å²) in [6.07, 6.45) is 2.47. The van der Waals surface area contributed by atoms with E-state index in [2.05, 4.69) is 24.4 Å². The van der Waals surface area contributed by atoms with Crippen LogP contribution in [-0.4, -0.2) is 30.7 Å². The van der Waals surface area contributed by atoms with E-state index in [1.165, 1.54) is 68.2 Å². The van der Waals surface area contributed by atoms with Gasteiger partial charge in [-0.1, -0.05) is 16.8 Å². The van der Waals surface area contributed by atoms with Crippen molar-refractivity contribution in [2.24, 2.45) is 0 Å². The predicted octanol–water partition coefficient (Wildman–Crippen LogP) is 5.69. The maximum atomic E-state index is 15.2. The van der Waals surface area contributed by atoms with Crippen LogP contribution in [0.3, 0.4) is 0 Å². The molecule has 0 unspecified atom stereocenters. The lowest BCUT2D eigenvalue weighted by atomic mass is 9.99. The molecule has 0 aliphatic rings. The summed E-state index contributed by atoms with van der Waals surface area (Å²) in [5.41, 5.74) is 1.23. The molecule has 0 amide bonds. The minimum absolute atomic E-state index is 0.0263. The monoisotopic (exact) mass is 528 g/mol. The molecule has 1 N–H and O–H groups in total. The third-order valence-corrected chi connectivity index (χ3v) is 6.88. The lowest BCUT2D eigenvalue weighted by molar-refractivity contribution is 0.415. The Kier molecular flexibility index (Phi) is 6.02. The fourth-order valence-electron chi connectivity index (χ4n) is 3.72. The highest BCUT2D eigenvalue weighted by molar-refractivity contribution is 7.92. The normalized spacial score (nSPS) is 11.6. The first-order valence-corrected chi connectivity index (χ1v) is 12.1. The van der Waals surface area contributed by atoms with Gasteiger partial charge < -0.3 is 9.26 Å². The number of hydrogen-bond acceptors (Lipinski definition) is 7. The number of methoxy groups -OCH3 is 1. The molecule has 0 saturated carbocycles. The summed E-state index contributed by atoms with van der Waals surface area (Å²) in [5.74, 6) is -0.977. The molecular formula is C24H15ClF2N4O4S. The summed E-state index contributed by atoms with van der Waals surface area (Å²) in [6.45, 7) is 0. The van der Waals surface area contributed by atoms with Gasteiger partial charge in [-0.05, 0) is 54.1 Å². The first-order valence-electron chi connectivity index (χ1n) is 10.3. The molecule has 5 rings (SSSR count). The summed E-state index contributed by atoms with van der Waals surface area (Å²) in [7, 11) is -2.57. The topological polar surface area (TPSA) is 107 Å². The van der Waals surface area contributed by atoms with Gasteiger partial charge in [0, 0.05) is 27.6 Å². The Balaban J connectivity index is 1.60. The second-order valence-electron chi connectivity index (χ2n) is 7.58. The van der Waals surface area contributed by atoms with Crippen molar-refractivity contribution in [1.29, 1.82) is 0 Å². The van der Waals surface area contributed by atoms with E-state index >= 15 is 4.39 Å². The lowest BCUT2D eigenvalue weighted by Crippen LogP contribution is -2.13. The van der Waals surface area contributed by atoms with Crippen molar-refractivity contribution in [2.45, 2.75) is 4.90 Å². The molecule has 0 spiro atoms. The zero-order valence-electron chi connectivity index (χ0n) is 18.4. The van der Waals surface area contributed by atoms with Crippen molar-refractivity contribution < 1.29 is 26.5 Å². The van der Waals surface area contributed by atoms with E-state index in [9.17, 15) is 12.8 Å². The molecule has 12 heteroatoms. The predicted molar refractivity (Wildman–Crippen MR) is 129 cm³/mol. The van der Waals surface area contributed by atoms with Gasteiger partial charge in [0.05, 0.1) is 23.2 Å². The molecule has 0 fully saturated rings. The summed E-state index contributed by atoms with van der Waals surface area (Å²) in [6, 6.07) is 12.0. The van der Waals surface area contributed by atoms with Crippen molar-refractivity contribution in [3.63, 3.8) is 0 Å². The Bertz CT molecular complexity index is 1690. The Labute approximate surface area is 208 Å². The van der Waals surface area contributed by atoms with Gasteiger partial charge in [-0.15, -0.1) is 0 Å². The summed E-state index contributed by atoms with van der Waals surface area (Å²) in [5, 5.41) is 4.12. The van der Waals surface area contributed by atoms with Crippen LogP contribution in [0, 0.1) is 11.6 Å². The lowest BCUT2D eigenvalue weighted by Gasteiger charge is -2.14. The highest BCUT2D eigenvalue weighted by atomic mass is 35.5. The van der Waals surface area contributed by atoms with E-state index in [0.29, 0.717) is 22.2 Å². The fraction of sp³-hybridized carbons (Fsp3) is 0.0417. The average molecular weight is 529 g/mol. The minimum atomic E-state index is -3.97.